The number of anilines is 1. The number of hydrogen-bond acceptors (Lipinski definition) is 2. The second-order valence-corrected chi connectivity index (χ2v) is 5.83. The zero-order valence-corrected chi connectivity index (χ0v) is 13.5. The molecule has 1 N–H and O–H groups in total. The molecule has 0 fully saturated rings. The highest BCUT2D eigenvalue weighted by molar-refractivity contribution is 6.02. The molecule has 1 aromatic heterocycles. The molecule has 23 heavy (non-hydrogen) atoms. The molecule has 0 aliphatic rings. The van der Waals surface area contributed by atoms with Crippen molar-refractivity contribution >= 4 is 28.6 Å². The summed E-state index contributed by atoms with van der Waals surface area (Å²) in [6.45, 7) is 6.05. The fourth-order valence-electron chi connectivity index (χ4n) is 2.55. The van der Waals surface area contributed by atoms with Crippen molar-refractivity contribution < 1.29 is 9.21 Å². The van der Waals surface area contributed by atoms with Crippen molar-refractivity contribution in [3.8, 4) is 0 Å². The Balaban J connectivity index is 1.74. The highest BCUT2D eigenvalue weighted by atomic mass is 16.3. The first-order valence-electron chi connectivity index (χ1n) is 7.58. The number of hydrogen-bond donors (Lipinski definition) is 1. The molecule has 3 nitrogen and oxygen atoms in total. The normalized spacial score (nSPS) is 11.3. The molecule has 3 heteroatoms. The van der Waals surface area contributed by atoms with E-state index in [0.29, 0.717) is 5.76 Å². The Morgan fingerprint density at radius 2 is 1.74 bits per heavy atom. The number of rotatable bonds is 3. The van der Waals surface area contributed by atoms with E-state index in [9.17, 15) is 4.79 Å². The monoisotopic (exact) mass is 305 g/mol. The molecule has 1 heterocycles. The van der Waals surface area contributed by atoms with Gasteiger partial charge in [0, 0.05) is 17.1 Å². The van der Waals surface area contributed by atoms with Crippen LogP contribution >= 0.6 is 0 Å². The van der Waals surface area contributed by atoms with Crippen LogP contribution in [0.4, 0.5) is 5.69 Å². The van der Waals surface area contributed by atoms with E-state index in [1.165, 1.54) is 17.2 Å². The second kappa shape index (κ2) is 6.13. The maximum absolute atomic E-state index is 12.1. The number of nitrogens with one attached hydrogen (secondary N) is 1. The van der Waals surface area contributed by atoms with E-state index >= 15 is 0 Å². The van der Waals surface area contributed by atoms with Gasteiger partial charge >= 0.3 is 0 Å². The van der Waals surface area contributed by atoms with Gasteiger partial charge in [-0.05, 0) is 56.7 Å². The lowest BCUT2D eigenvalue weighted by molar-refractivity contribution is -0.111. The van der Waals surface area contributed by atoms with Crippen LogP contribution < -0.4 is 5.32 Å². The zero-order valence-electron chi connectivity index (χ0n) is 13.5. The Morgan fingerprint density at radius 3 is 2.52 bits per heavy atom. The summed E-state index contributed by atoms with van der Waals surface area (Å²) < 4.78 is 5.70. The van der Waals surface area contributed by atoms with Gasteiger partial charge in [-0.15, -0.1) is 0 Å². The highest BCUT2D eigenvalue weighted by Gasteiger charge is 2.04. The summed E-state index contributed by atoms with van der Waals surface area (Å²) in [5, 5.41) is 3.92. The van der Waals surface area contributed by atoms with Crippen LogP contribution in [0.25, 0.3) is 17.0 Å². The van der Waals surface area contributed by atoms with Crippen molar-refractivity contribution in [3.63, 3.8) is 0 Å². The molecule has 2 aromatic carbocycles. The molecule has 0 aliphatic heterocycles. The second-order valence-electron chi connectivity index (χ2n) is 5.83. The van der Waals surface area contributed by atoms with Gasteiger partial charge in [-0.25, -0.2) is 0 Å². The van der Waals surface area contributed by atoms with Crippen molar-refractivity contribution in [1.29, 1.82) is 0 Å². The van der Waals surface area contributed by atoms with Gasteiger partial charge in [0.1, 0.15) is 11.3 Å². The summed E-state index contributed by atoms with van der Waals surface area (Å²) in [5.41, 5.74) is 5.05. The fraction of sp³-hybridized carbons (Fsp3) is 0.150. The van der Waals surface area contributed by atoms with Crippen molar-refractivity contribution in [2.75, 3.05) is 5.32 Å². The third-order valence-electron chi connectivity index (χ3n) is 3.73. The molecule has 0 aliphatic carbocycles. The van der Waals surface area contributed by atoms with Gasteiger partial charge in [0.15, 0.2) is 0 Å². The number of carbonyl (C=O) groups excluding carboxylic acids is 1. The molecule has 3 aromatic rings. The number of fused-ring (bicyclic) bond motifs is 1. The average Bonchev–Trinajstić information content (AvgIpc) is 2.90. The van der Waals surface area contributed by atoms with E-state index in [2.05, 4.69) is 11.4 Å². The van der Waals surface area contributed by atoms with Gasteiger partial charge in [0.05, 0.1) is 0 Å². The minimum atomic E-state index is -0.173. The van der Waals surface area contributed by atoms with Crippen LogP contribution in [0.1, 0.15) is 22.5 Å². The SMILES string of the molecule is Cc1ccc(NC(=O)C=Cc2cc3cc(C)ccc3o2)c(C)c1. The number of carbonyl (C=O) groups is 1. The molecular weight excluding hydrogens is 286 g/mol. The number of furan rings is 1. The Hall–Kier alpha value is -2.81. The van der Waals surface area contributed by atoms with Gasteiger partial charge in [-0.3, -0.25) is 4.79 Å². The Bertz CT molecular complexity index is 903. The smallest absolute Gasteiger partial charge is 0.248 e. The van der Waals surface area contributed by atoms with E-state index in [1.807, 2.05) is 57.2 Å². The zero-order chi connectivity index (χ0) is 16.4. The van der Waals surface area contributed by atoms with Crippen LogP contribution in [0.2, 0.25) is 0 Å². The molecule has 0 atom stereocenters. The maximum atomic E-state index is 12.1. The van der Waals surface area contributed by atoms with Crippen molar-refractivity contribution in [1.82, 2.24) is 0 Å². The van der Waals surface area contributed by atoms with Gasteiger partial charge in [0.25, 0.3) is 0 Å². The van der Waals surface area contributed by atoms with Crippen LogP contribution in [0.15, 0.2) is 53.0 Å². The van der Waals surface area contributed by atoms with Gasteiger partial charge in [0.2, 0.25) is 5.91 Å². The fourth-order valence-corrected chi connectivity index (χ4v) is 2.55. The van der Waals surface area contributed by atoms with Gasteiger partial charge in [-0.1, -0.05) is 29.3 Å². The minimum Gasteiger partial charge on any atom is -0.457 e. The topological polar surface area (TPSA) is 42.2 Å². The number of amides is 1. The third kappa shape index (κ3) is 3.51. The molecule has 0 saturated carbocycles. The van der Waals surface area contributed by atoms with E-state index in [4.69, 9.17) is 4.42 Å². The average molecular weight is 305 g/mol. The maximum Gasteiger partial charge on any atom is 0.248 e. The molecule has 0 saturated heterocycles. The molecule has 0 unspecified atom stereocenters. The summed E-state index contributed by atoms with van der Waals surface area (Å²) in [5.74, 6) is 0.495. The largest absolute Gasteiger partial charge is 0.457 e. The summed E-state index contributed by atoms with van der Waals surface area (Å²) in [6.07, 6.45) is 3.18. The first kappa shape index (κ1) is 15.1. The van der Waals surface area contributed by atoms with Crippen LogP contribution in [0.5, 0.6) is 0 Å². The predicted molar refractivity (Wildman–Crippen MR) is 94.5 cm³/mol. The quantitative estimate of drug-likeness (QED) is 0.691. The Labute approximate surface area is 135 Å². The van der Waals surface area contributed by atoms with Crippen molar-refractivity contribution in [2.45, 2.75) is 20.8 Å². The molecular formula is C20H19NO2. The molecule has 116 valence electrons. The lowest BCUT2D eigenvalue weighted by Gasteiger charge is -2.06. The minimum absolute atomic E-state index is 0.173. The molecule has 1 amide bonds. The predicted octanol–water partition coefficient (Wildman–Crippen LogP) is 5.01. The van der Waals surface area contributed by atoms with Crippen molar-refractivity contribution in [2.24, 2.45) is 0 Å². The van der Waals surface area contributed by atoms with Crippen LogP contribution in [0, 0.1) is 20.8 Å². The summed E-state index contributed by atoms with van der Waals surface area (Å²) in [4.78, 5) is 12.1. The summed E-state index contributed by atoms with van der Waals surface area (Å²) in [7, 11) is 0. The highest BCUT2D eigenvalue weighted by Crippen LogP contribution is 2.21. The van der Waals surface area contributed by atoms with E-state index in [-0.39, 0.29) is 5.91 Å². The van der Waals surface area contributed by atoms with Crippen molar-refractivity contribution in [3.05, 3.63) is 71.0 Å². The molecule has 0 spiro atoms. The van der Waals surface area contributed by atoms with Crippen LogP contribution in [-0.2, 0) is 4.79 Å². The summed E-state index contributed by atoms with van der Waals surface area (Å²) in [6, 6.07) is 13.9. The molecule has 0 radical (unpaired) electrons. The molecule has 3 rings (SSSR count). The van der Waals surface area contributed by atoms with Gasteiger partial charge < -0.3 is 9.73 Å². The summed E-state index contributed by atoms with van der Waals surface area (Å²) >= 11 is 0. The van der Waals surface area contributed by atoms with E-state index in [0.717, 1.165) is 22.2 Å². The lowest BCUT2D eigenvalue weighted by Crippen LogP contribution is -2.08. The van der Waals surface area contributed by atoms with E-state index < -0.39 is 0 Å². The van der Waals surface area contributed by atoms with E-state index in [1.54, 1.807) is 6.08 Å². The standard InChI is InChI=1S/C20H19NO2/c1-13-4-7-18(15(3)10-13)21-20(22)9-6-17-12-16-11-14(2)5-8-19(16)23-17/h4-12H,1-3H3,(H,21,22). The number of aryl methyl sites for hydroxylation is 3. The van der Waals surface area contributed by atoms with Gasteiger partial charge in [-0.2, -0.15) is 0 Å². The first-order valence-corrected chi connectivity index (χ1v) is 7.58. The Morgan fingerprint density at radius 1 is 1.00 bits per heavy atom. The third-order valence-corrected chi connectivity index (χ3v) is 3.73. The lowest BCUT2D eigenvalue weighted by atomic mass is 10.1. The Kier molecular flexibility index (Phi) is 4.02. The first-order chi connectivity index (χ1) is 11.0. The van der Waals surface area contributed by atoms with Crippen LogP contribution in [-0.4, -0.2) is 5.91 Å². The van der Waals surface area contributed by atoms with Crippen LogP contribution in [0.3, 0.4) is 0 Å². The molecule has 0 bridgehead atoms. The number of benzene rings is 2.